The van der Waals surface area contributed by atoms with Gasteiger partial charge in [0.15, 0.2) is 11.0 Å². The van der Waals surface area contributed by atoms with Crippen LogP contribution in [0.15, 0.2) is 76.8 Å². The molecule has 0 aliphatic heterocycles. The highest BCUT2D eigenvalue weighted by Crippen LogP contribution is 2.27. The Morgan fingerprint density at radius 2 is 1.89 bits per heavy atom. The number of pyridine rings is 1. The molecule has 28 heavy (non-hydrogen) atoms. The Morgan fingerprint density at radius 1 is 1.00 bits per heavy atom. The van der Waals surface area contributed by atoms with Gasteiger partial charge in [-0.3, -0.25) is 9.55 Å². The van der Waals surface area contributed by atoms with Crippen LogP contribution >= 0.6 is 11.8 Å². The predicted octanol–water partition coefficient (Wildman–Crippen LogP) is 4.15. The quantitative estimate of drug-likeness (QED) is 0.440. The Hall–Kier alpha value is -3.39. The number of thioether (sulfide) groups is 1. The first kappa shape index (κ1) is 16.8. The Kier molecular flexibility index (Phi) is 4.38. The highest BCUT2D eigenvalue weighted by atomic mass is 32.2. The van der Waals surface area contributed by atoms with Gasteiger partial charge in [-0.15, -0.1) is 10.2 Å². The van der Waals surface area contributed by atoms with Crippen molar-refractivity contribution in [2.45, 2.75) is 17.5 Å². The number of H-pyrrole nitrogens is 1. The first-order valence-corrected chi connectivity index (χ1v) is 9.78. The maximum Gasteiger partial charge on any atom is 0.192 e. The lowest BCUT2D eigenvalue weighted by Crippen LogP contribution is -2.03. The number of imidazole rings is 1. The average Bonchev–Trinajstić information content (AvgIpc) is 3.47. The van der Waals surface area contributed by atoms with Crippen molar-refractivity contribution >= 4 is 22.8 Å². The summed E-state index contributed by atoms with van der Waals surface area (Å²) < 4.78 is 7.60. The summed E-state index contributed by atoms with van der Waals surface area (Å²) in [5.74, 6) is 3.21. The molecule has 4 aromatic heterocycles. The molecule has 0 aliphatic rings. The van der Waals surface area contributed by atoms with E-state index in [1.807, 2.05) is 48.5 Å². The van der Waals surface area contributed by atoms with Crippen LogP contribution in [0.2, 0.25) is 0 Å². The summed E-state index contributed by atoms with van der Waals surface area (Å²) in [7, 11) is 0. The number of nitrogens with one attached hydrogen (secondary N) is 1. The van der Waals surface area contributed by atoms with Crippen molar-refractivity contribution in [1.29, 1.82) is 0 Å². The fourth-order valence-corrected chi connectivity index (χ4v) is 3.83. The molecule has 7 nitrogen and oxygen atoms in total. The molecule has 138 valence electrons. The molecule has 0 amide bonds. The first-order valence-electron chi connectivity index (χ1n) is 8.79. The molecule has 5 aromatic rings. The number of rotatable bonds is 6. The minimum absolute atomic E-state index is 0.556. The lowest BCUT2D eigenvalue weighted by Gasteiger charge is -2.08. The second-order valence-corrected chi connectivity index (χ2v) is 7.14. The number of para-hydroxylation sites is 2. The molecule has 0 radical (unpaired) electrons. The van der Waals surface area contributed by atoms with E-state index in [2.05, 4.69) is 29.7 Å². The van der Waals surface area contributed by atoms with Crippen LogP contribution in [0, 0.1) is 0 Å². The van der Waals surface area contributed by atoms with Crippen LogP contribution in [-0.2, 0) is 12.3 Å². The van der Waals surface area contributed by atoms with E-state index < -0.39 is 0 Å². The number of hydrogen-bond donors (Lipinski definition) is 1. The maximum atomic E-state index is 5.54. The van der Waals surface area contributed by atoms with Crippen molar-refractivity contribution in [3.63, 3.8) is 0 Å². The van der Waals surface area contributed by atoms with Crippen LogP contribution in [0.1, 0.15) is 11.6 Å². The van der Waals surface area contributed by atoms with Crippen molar-refractivity contribution in [2.24, 2.45) is 0 Å². The van der Waals surface area contributed by atoms with Gasteiger partial charge in [0, 0.05) is 18.0 Å². The summed E-state index contributed by atoms with van der Waals surface area (Å²) in [5.41, 5.74) is 2.96. The Labute approximate surface area is 164 Å². The number of furan rings is 1. The van der Waals surface area contributed by atoms with Crippen molar-refractivity contribution in [3.05, 3.63) is 78.8 Å². The Morgan fingerprint density at radius 3 is 2.71 bits per heavy atom. The molecule has 0 atom stereocenters. The monoisotopic (exact) mass is 388 g/mol. The van der Waals surface area contributed by atoms with Crippen LogP contribution in [0.4, 0.5) is 0 Å². The van der Waals surface area contributed by atoms with Gasteiger partial charge in [0.05, 0.1) is 29.6 Å². The fourth-order valence-electron chi connectivity index (χ4n) is 3.02. The smallest absolute Gasteiger partial charge is 0.192 e. The van der Waals surface area contributed by atoms with E-state index in [0.29, 0.717) is 12.3 Å². The van der Waals surface area contributed by atoms with E-state index >= 15 is 0 Å². The first-order chi connectivity index (χ1) is 13.9. The molecule has 0 saturated heterocycles. The highest BCUT2D eigenvalue weighted by molar-refractivity contribution is 7.98. The van der Waals surface area contributed by atoms with E-state index in [4.69, 9.17) is 4.42 Å². The second kappa shape index (κ2) is 7.32. The van der Waals surface area contributed by atoms with Gasteiger partial charge in [0.2, 0.25) is 0 Å². The van der Waals surface area contributed by atoms with Gasteiger partial charge in [0.25, 0.3) is 0 Å². The number of benzene rings is 1. The molecule has 8 heteroatoms. The maximum absolute atomic E-state index is 5.54. The van der Waals surface area contributed by atoms with Gasteiger partial charge >= 0.3 is 0 Å². The summed E-state index contributed by atoms with van der Waals surface area (Å²) in [6.45, 7) is 0.556. The summed E-state index contributed by atoms with van der Waals surface area (Å²) in [6.07, 6.45) is 5.18. The summed E-state index contributed by atoms with van der Waals surface area (Å²) in [6, 6.07) is 15.7. The normalized spacial score (nSPS) is 11.3. The molecule has 0 unspecified atom stereocenters. The highest BCUT2D eigenvalue weighted by Gasteiger charge is 2.16. The number of aromatic amines is 1. The van der Waals surface area contributed by atoms with Gasteiger partial charge in [-0.1, -0.05) is 23.9 Å². The summed E-state index contributed by atoms with van der Waals surface area (Å²) >= 11 is 1.59. The molecule has 0 fully saturated rings. The zero-order chi connectivity index (χ0) is 18.8. The predicted molar refractivity (Wildman–Crippen MR) is 107 cm³/mol. The molecular formula is C20H16N6OS. The van der Waals surface area contributed by atoms with Crippen LogP contribution in [-0.4, -0.2) is 29.7 Å². The lowest BCUT2D eigenvalue weighted by molar-refractivity contribution is 0.485. The molecule has 1 aromatic carbocycles. The number of nitrogens with zero attached hydrogens (tertiary/aromatic N) is 5. The van der Waals surface area contributed by atoms with Crippen molar-refractivity contribution < 1.29 is 4.42 Å². The number of aromatic nitrogens is 6. The summed E-state index contributed by atoms with van der Waals surface area (Å²) in [5, 5.41) is 9.64. The standard InChI is InChI=1S/C20H16N6OS/c1-2-6-17-16(5-1)22-18(23-17)13-28-20-25-24-19(14-7-9-21-10-8-14)26(20)12-15-4-3-11-27-15/h1-11H,12-13H2,(H,22,23). The zero-order valence-corrected chi connectivity index (χ0v) is 15.6. The lowest BCUT2D eigenvalue weighted by atomic mass is 10.2. The molecule has 4 heterocycles. The van der Waals surface area contributed by atoms with Gasteiger partial charge in [0.1, 0.15) is 11.6 Å². The van der Waals surface area contributed by atoms with Crippen molar-refractivity contribution in [2.75, 3.05) is 0 Å². The van der Waals surface area contributed by atoms with Crippen molar-refractivity contribution in [1.82, 2.24) is 29.7 Å². The van der Waals surface area contributed by atoms with Crippen LogP contribution in [0.5, 0.6) is 0 Å². The average molecular weight is 388 g/mol. The molecule has 1 N–H and O–H groups in total. The molecule has 0 bridgehead atoms. The number of hydrogen-bond acceptors (Lipinski definition) is 6. The molecule has 0 spiro atoms. The van der Waals surface area contributed by atoms with Gasteiger partial charge in [-0.25, -0.2) is 4.98 Å². The number of fused-ring (bicyclic) bond motifs is 1. The second-order valence-electron chi connectivity index (χ2n) is 6.20. The minimum Gasteiger partial charge on any atom is -0.467 e. The largest absolute Gasteiger partial charge is 0.467 e. The van der Waals surface area contributed by atoms with Gasteiger partial charge in [-0.05, 0) is 36.4 Å². The summed E-state index contributed by atoms with van der Waals surface area (Å²) in [4.78, 5) is 12.1. The van der Waals surface area contributed by atoms with Crippen LogP contribution in [0.3, 0.4) is 0 Å². The fraction of sp³-hybridized carbons (Fsp3) is 0.100. The molecule has 0 aliphatic carbocycles. The topological polar surface area (TPSA) is 85.4 Å². The van der Waals surface area contributed by atoms with Gasteiger partial charge in [-0.2, -0.15) is 0 Å². The van der Waals surface area contributed by atoms with Crippen LogP contribution in [0.25, 0.3) is 22.4 Å². The zero-order valence-electron chi connectivity index (χ0n) is 14.8. The van der Waals surface area contributed by atoms with E-state index in [0.717, 1.165) is 39.2 Å². The third-order valence-electron chi connectivity index (χ3n) is 4.33. The molecule has 5 rings (SSSR count). The van der Waals surface area contributed by atoms with E-state index in [1.54, 1.807) is 30.4 Å². The molecular weight excluding hydrogens is 372 g/mol. The molecule has 0 saturated carbocycles. The van der Waals surface area contributed by atoms with E-state index in [-0.39, 0.29) is 0 Å². The van der Waals surface area contributed by atoms with Crippen molar-refractivity contribution in [3.8, 4) is 11.4 Å². The third-order valence-corrected chi connectivity index (χ3v) is 5.30. The van der Waals surface area contributed by atoms with E-state index in [1.165, 1.54) is 0 Å². The minimum atomic E-state index is 0.556. The SMILES string of the molecule is c1coc(Cn2c(SCc3nc4ccccc4[nH]3)nnc2-c2ccncc2)c1. The Bertz CT molecular complexity index is 1160. The third kappa shape index (κ3) is 3.29. The van der Waals surface area contributed by atoms with E-state index in [9.17, 15) is 0 Å². The van der Waals surface area contributed by atoms with Crippen LogP contribution < -0.4 is 0 Å². The van der Waals surface area contributed by atoms with Gasteiger partial charge < -0.3 is 9.40 Å². The Balaban J connectivity index is 1.45.